The summed E-state index contributed by atoms with van der Waals surface area (Å²) >= 11 is 1.70. The molecule has 3 atom stereocenters. The Hall–Kier alpha value is -1.27. The number of likely N-dealkylation sites (tertiary alicyclic amines) is 1. The standard InChI is InChI=1S/C20H27NO4S/c22-16-12-25-17-6-8-21(19(16)17)20(23)18(10-14-4-2-1-3-5-14)26-13-15-7-9-24-11-15/h7,9,11,14,17-19H,1-6,8,10,12-13H2. The van der Waals surface area contributed by atoms with Crippen LogP contribution in [0.4, 0.5) is 0 Å². The zero-order chi connectivity index (χ0) is 17.9. The third-order valence-corrected chi connectivity index (χ3v) is 7.27. The van der Waals surface area contributed by atoms with E-state index in [2.05, 4.69) is 0 Å². The van der Waals surface area contributed by atoms with Crippen molar-refractivity contribution in [3.63, 3.8) is 0 Å². The molecule has 3 fully saturated rings. The molecule has 2 saturated heterocycles. The molecule has 3 unspecified atom stereocenters. The number of hydrogen-bond donors (Lipinski definition) is 0. The number of ether oxygens (including phenoxy) is 1. The van der Waals surface area contributed by atoms with E-state index in [1.54, 1.807) is 24.3 Å². The van der Waals surface area contributed by atoms with Gasteiger partial charge in [0.25, 0.3) is 0 Å². The fourth-order valence-corrected chi connectivity index (χ4v) is 5.81. The van der Waals surface area contributed by atoms with Gasteiger partial charge in [-0.25, -0.2) is 0 Å². The number of fused-ring (bicyclic) bond motifs is 1. The fraction of sp³-hybridized carbons (Fsp3) is 0.700. The summed E-state index contributed by atoms with van der Waals surface area (Å²) in [5, 5.41) is -0.0832. The van der Waals surface area contributed by atoms with E-state index in [1.165, 1.54) is 32.1 Å². The average molecular weight is 378 g/mol. The number of ketones is 1. The Morgan fingerprint density at radius 1 is 1.27 bits per heavy atom. The van der Waals surface area contributed by atoms with Crippen LogP contribution in [-0.2, 0) is 20.1 Å². The minimum absolute atomic E-state index is 0.0668. The first-order chi connectivity index (χ1) is 12.7. The first-order valence-corrected chi connectivity index (χ1v) is 10.8. The van der Waals surface area contributed by atoms with Crippen molar-refractivity contribution in [2.45, 2.75) is 68.1 Å². The Kier molecular flexibility index (Phi) is 5.69. The number of rotatable bonds is 6. The number of nitrogens with zero attached hydrogens (tertiary/aromatic N) is 1. The van der Waals surface area contributed by atoms with Gasteiger partial charge in [-0.05, 0) is 24.8 Å². The highest BCUT2D eigenvalue weighted by molar-refractivity contribution is 7.99. The van der Waals surface area contributed by atoms with E-state index in [0.29, 0.717) is 12.5 Å². The lowest BCUT2D eigenvalue weighted by Gasteiger charge is -2.30. The van der Waals surface area contributed by atoms with Gasteiger partial charge >= 0.3 is 0 Å². The predicted molar refractivity (Wildman–Crippen MR) is 99.8 cm³/mol. The highest BCUT2D eigenvalue weighted by Gasteiger charge is 2.48. The lowest BCUT2D eigenvalue weighted by molar-refractivity contribution is -0.136. The van der Waals surface area contributed by atoms with Crippen molar-refractivity contribution in [1.29, 1.82) is 0 Å². The summed E-state index contributed by atoms with van der Waals surface area (Å²) < 4.78 is 10.7. The third-order valence-electron chi connectivity index (χ3n) is 5.97. The maximum absolute atomic E-state index is 13.3. The molecule has 0 aromatic carbocycles. The Morgan fingerprint density at radius 2 is 2.12 bits per heavy atom. The van der Waals surface area contributed by atoms with Gasteiger partial charge in [-0.3, -0.25) is 9.59 Å². The van der Waals surface area contributed by atoms with E-state index in [-0.39, 0.29) is 35.7 Å². The predicted octanol–water partition coefficient (Wildman–Crippen LogP) is 3.42. The molecule has 1 aliphatic carbocycles. The van der Waals surface area contributed by atoms with Crippen LogP contribution < -0.4 is 0 Å². The zero-order valence-corrected chi connectivity index (χ0v) is 15.9. The Labute approximate surface area is 158 Å². The van der Waals surface area contributed by atoms with Crippen molar-refractivity contribution in [3.8, 4) is 0 Å². The lowest BCUT2D eigenvalue weighted by Crippen LogP contribution is -2.46. The molecule has 0 spiro atoms. The molecule has 26 heavy (non-hydrogen) atoms. The van der Waals surface area contributed by atoms with Crippen molar-refractivity contribution in [2.75, 3.05) is 13.2 Å². The summed E-state index contributed by atoms with van der Waals surface area (Å²) in [5.41, 5.74) is 1.11. The molecule has 1 amide bonds. The van der Waals surface area contributed by atoms with Gasteiger partial charge in [0.05, 0.1) is 23.9 Å². The topological polar surface area (TPSA) is 59.8 Å². The van der Waals surface area contributed by atoms with E-state index in [0.717, 1.165) is 24.2 Å². The van der Waals surface area contributed by atoms with E-state index >= 15 is 0 Å². The van der Waals surface area contributed by atoms with Gasteiger partial charge in [-0.1, -0.05) is 32.1 Å². The highest BCUT2D eigenvalue weighted by Crippen LogP contribution is 2.35. The van der Waals surface area contributed by atoms with E-state index in [4.69, 9.17) is 9.15 Å². The highest BCUT2D eigenvalue weighted by atomic mass is 32.2. The Balaban J connectivity index is 1.45. The SMILES string of the molecule is O=C1COC2CCN(C(=O)C(CC3CCCCC3)SCc3ccoc3)C12. The van der Waals surface area contributed by atoms with Crippen LogP contribution in [0.2, 0.25) is 0 Å². The summed E-state index contributed by atoms with van der Waals surface area (Å²) in [7, 11) is 0. The van der Waals surface area contributed by atoms with Gasteiger partial charge in [0.1, 0.15) is 12.6 Å². The molecule has 0 bridgehead atoms. The quantitative estimate of drug-likeness (QED) is 0.760. The summed E-state index contributed by atoms with van der Waals surface area (Å²) in [4.78, 5) is 27.3. The van der Waals surface area contributed by atoms with Crippen molar-refractivity contribution in [3.05, 3.63) is 24.2 Å². The van der Waals surface area contributed by atoms with Gasteiger partial charge in [0.2, 0.25) is 5.91 Å². The molecule has 3 heterocycles. The van der Waals surface area contributed by atoms with Crippen LogP contribution in [0.1, 0.15) is 50.5 Å². The molecular formula is C20H27NO4S. The summed E-state index contributed by atoms with van der Waals surface area (Å²) in [6, 6.07) is 1.61. The first-order valence-electron chi connectivity index (χ1n) is 9.80. The van der Waals surface area contributed by atoms with Crippen LogP contribution >= 0.6 is 11.8 Å². The van der Waals surface area contributed by atoms with Crippen molar-refractivity contribution >= 4 is 23.5 Å². The normalized spacial score (nSPS) is 27.7. The van der Waals surface area contributed by atoms with Crippen LogP contribution in [-0.4, -0.2) is 47.1 Å². The van der Waals surface area contributed by atoms with E-state index < -0.39 is 0 Å². The molecule has 0 N–H and O–H groups in total. The Morgan fingerprint density at radius 3 is 2.88 bits per heavy atom. The third kappa shape index (κ3) is 3.86. The fourth-order valence-electron chi connectivity index (χ4n) is 4.56. The van der Waals surface area contributed by atoms with Crippen LogP contribution in [0, 0.1) is 5.92 Å². The molecule has 142 valence electrons. The second-order valence-electron chi connectivity index (χ2n) is 7.75. The Bertz CT molecular complexity index is 626. The second kappa shape index (κ2) is 8.17. The number of thioether (sulfide) groups is 1. The number of Topliss-reactive ketones (excluding diaryl/α,β-unsaturated/α-hetero) is 1. The van der Waals surface area contributed by atoms with Crippen molar-refractivity contribution < 1.29 is 18.7 Å². The molecule has 3 aliphatic rings. The number of amides is 1. The number of carbonyl (C=O) groups is 2. The monoisotopic (exact) mass is 377 g/mol. The zero-order valence-electron chi connectivity index (χ0n) is 15.1. The van der Waals surface area contributed by atoms with Gasteiger partial charge in [0, 0.05) is 17.9 Å². The number of hydrogen-bond acceptors (Lipinski definition) is 5. The van der Waals surface area contributed by atoms with E-state index in [1.807, 2.05) is 11.0 Å². The summed E-state index contributed by atoms with van der Waals surface area (Å²) in [6.45, 7) is 0.807. The van der Waals surface area contributed by atoms with Gasteiger partial charge in [-0.2, -0.15) is 0 Å². The van der Waals surface area contributed by atoms with Crippen LogP contribution in [0.3, 0.4) is 0 Å². The van der Waals surface area contributed by atoms with Gasteiger partial charge in [0.15, 0.2) is 5.78 Å². The van der Waals surface area contributed by atoms with E-state index in [9.17, 15) is 9.59 Å². The summed E-state index contributed by atoms with van der Waals surface area (Å²) in [5.74, 6) is 1.60. The maximum Gasteiger partial charge on any atom is 0.236 e. The molecule has 0 radical (unpaired) electrons. The molecule has 5 nitrogen and oxygen atoms in total. The van der Waals surface area contributed by atoms with Crippen LogP contribution in [0.15, 0.2) is 23.0 Å². The molecule has 1 aromatic rings. The number of carbonyl (C=O) groups excluding carboxylic acids is 2. The van der Waals surface area contributed by atoms with Crippen LogP contribution in [0.5, 0.6) is 0 Å². The molecule has 6 heteroatoms. The van der Waals surface area contributed by atoms with Crippen molar-refractivity contribution in [1.82, 2.24) is 4.90 Å². The molecule has 1 saturated carbocycles. The molecule has 2 aliphatic heterocycles. The molecule has 4 rings (SSSR count). The molecular weight excluding hydrogens is 350 g/mol. The minimum Gasteiger partial charge on any atom is -0.472 e. The smallest absolute Gasteiger partial charge is 0.236 e. The minimum atomic E-state index is -0.342. The van der Waals surface area contributed by atoms with Crippen molar-refractivity contribution in [2.24, 2.45) is 5.92 Å². The first kappa shape index (κ1) is 18.1. The average Bonchev–Trinajstić information content (AvgIpc) is 3.39. The largest absolute Gasteiger partial charge is 0.472 e. The molecule has 1 aromatic heterocycles. The lowest BCUT2D eigenvalue weighted by atomic mass is 9.86. The second-order valence-corrected chi connectivity index (χ2v) is 8.94. The van der Waals surface area contributed by atoms with Crippen LogP contribution in [0.25, 0.3) is 0 Å². The number of furan rings is 1. The maximum atomic E-state index is 13.3. The van der Waals surface area contributed by atoms with Gasteiger partial charge < -0.3 is 14.1 Å². The van der Waals surface area contributed by atoms with Gasteiger partial charge in [-0.15, -0.1) is 11.8 Å². The summed E-state index contributed by atoms with van der Waals surface area (Å²) in [6.07, 6.45) is 11.4.